The smallest absolute Gasteiger partial charge is 0.365 e. The van der Waals surface area contributed by atoms with Crippen LogP contribution in [0.4, 0.5) is 27.6 Å². The number of alkyl halides is 3. The standard InChI is InChI=1S/C17H12F5N3O/c1-25(12-5-6-13(18)14(19)8-12)9-15-23-16(24-26-15)10-3-2-4-11(7-10)17(20,21)22/h2-8H,9H2,1H3. The Morgan fingerprint density at radius 2 is 1.81 bits per heavy atom. The van der Waals surface area contributed by atoms with Crippen molar-refractivity contribution in [2.45, 2.75) is 12.7 Å². The molecular weight excluding hydrogens is 357 g/mol. The monoisotopic (exact) mass is 369 g/mol. The Morgan fingerprint density at radius 3 is 2.50 bits per heavy atom. The highest BCUT2D eigenvalue weighted by Crippen LogP contribution is 2.31. The van der Waals surface area contributed by atoms with Crippen molar-refractivity contribution in [3.8, 4) is 11.4 Å². The van der Waals surface area contributed by atoms with Crippen molar-refractivity contribution >= 4 is 5.69 Å². The first-order valence-electron chi connectivity index (χ1n) is 7.40. The number of hydrogen-bond acceptors (Lipinski definition) is 4. The second-order valence-electron chi connectivity index (χ2n) is 5.54. The molecule has 0 saturated heterocycles. The topological polar surface area (TPSA) is 42.2 Å². The van der Waals surface area contributed by atoms with Gasteiger partial charge in [0.15, 0.2) is 11.6 Å². The van der Waals surface area contributed by atoms with Gasteiger partial charge in [-0.2, -0.15) is 18.2 Å². The third kappa shape index (κ3) is 3.81. The number of halogens is 5. The predicted molar refractivity (Wildman–Crippen MR) is 83.2 cm³/mol. The SMILES string of the molecule is CN(Cc1nc(-c2cccc(C(F)(F)F)c2)no1)c1ccc(F)c(F)c1. The Balaban J connectivity index is 1.79. The van der Waals surface area contributed by atoms with Crippen molar-refractivity contribution in [3.63, 3.8) is 0 Å². The molecule has 0 bridgehead atoms. The number of aromatic nitrogens is 2. The lowest BCUT2D eigenvalue weighted by Gasteiger charge is -2.16. The average molecular weight is 369 g/mol. The molecule has 0 aliphatic carbocycles. The third-order valence-corrected chi connectivity index (χ3v) is 3.63. The van der Waals surface area contributed by atoms with E-state index in [9.17, 15) is 22.0 Å². The van der Waals surface area contributed by atoms with Crippen LogP contribution in [0.15, 0.2) is 47.0 Å². The van der Waals surface area contributed by atoms with Gasteiger partial charge in [-0.05, 0) is 24.3 Å². The zero-order valence-corrected chi connectivity index (χ0v) is 13.4. The molecule has 9 heteroatoms. The van der Waals surface area contributed by atoms with Gasteiger partial charge in [0.2, 0.25) is 11.7 Å². The van der Waals surface area contributed by atoms with Gasteiger partial charge < -0.3 is 9.42 Å². The van der Waals surface area contributed by atoms with Crippen LogP contribution in [0.3, 0.4) is 0 Å². The summed E-state index contributed by atoms with van der Waals surface area (Å²) < 4.78 is 69.7. The number of rotatable bonds is 4. The molecule has 2 aromatic carbocycles. The molecule has 3 rings (SSSR count). The minimum absolute atomic E-state index is 0.00443. The molecule has 0 amide bonds. The first-order valence-corrected chi connectivity index (χ1v) is 7.40. The molecule has 136 valence electrons. The van der Waals surface area contributed by atoms with Gasteiger partial charge in [-0.1, -0.05) is 17.3 Å². The lowest BCUT2D eigenvalue weighted by atomic mass is 10.1. The maximum atomic E-state index is 13.3. The zero-order chi connectivity index (χ0) is 18.9. The van der Waals surface area contributed by atoms with Gasteiger partial charge in [-0.25, -0.2) is 8.78 Å². The lowest BCUT2D eigenvalue weighted by molar-refractivity contribution is -0.137. The van der Waals surface area contributed by atoms with E-state index in [0.717, 1.165) is 24.3 Å². The molecule has 0 radical (unpaired) electrons. The van der Waals surface area contributed by atoms with E-state index in [-0.39, 0.29) is 23.8 Å². The Labute approximate surface area is 144 Å². The zero-order valence-electron chi connectivity index (χ0n) is 13.4. The highest BCUT2D eigenvalue weighted by atomic mass is 19.4. The first-order chi connectivity index (χ1) is 12.2. The second kappa shape index (κ2) is 6.74. The second-order valence-corrected chi connectivity index (χ2v) is 5.54. The van der Waals surface area contributed by atoms with Gasteiger partial charge in [-0.3, -0.25) is 0 Å². The van der Waals surface area contributed by atoms with Crippen LogP contribution < -0.4 is 4.90 Å². The molecule has 3 aromatic rings. The van der Waals surface area contributed by atoms with Crippen molar-refractivity contribution in [3.05, 3.63) is 65.6 Å². The van der Waals surface area contributed by atoms with E-state index in [1.165, 1.54) is 23.1 Å². The number of nitrogens with zero attached hydrogens (tertiary/aromatic N) is 3. The summed E-state index contributed by atoms with van der Waals surface area (Å²) in [4.78, 5) is 5.59. The summed E-state index contributed by atoms with van der Waals surface area (Å²) in [5, 5.41) is 3.67. The van der Waals surface area contributed by atoms with E-state index in [0.29, 0.717) is 5.69 Å². The Morgan fingerprint density at radius 1 is 1.04 bits per heavy atom. The van der Waals surface area contributed by atoms with E-state index >= 15 is 0 Å². The van der Waals surface area contributed by atoms with E-state index in [4.69, 9.17) is 4.52 Å². The molecule has 0 N–H and O–H groups in total. The van der Waals surface area contributed by atoms with Crippen molar-refractivity contribution in [2.75, 3.05) is 11.9 Å². The molecule has 26 heavy (non-hydrogen) atoms. The molecule has 4 nitrogen and oxygen atoms in total. The lowest BCUT2D eigenvalue weighted by Crippen LogP contribution is -2.16. The summed E-state index contributed by atoms with van der Waals surface area (Å²) >= 11 is 0. The molecule has 1 aromatic heterocycles. The van der Waals surface area contributed by atoms with Crippen LogP contribution in [-0.2, 0) is 12.7 Å². The van der Waals surface area contributed by atoms with E-state index in [1.54, 1.807) is 7.05 Å². The molecule has 0 aliphatic heterocycles. The fourth-order valence-electron chi connectivity index (χ4n) is 2.29. The fourth-order valence-corrected chi connectivity index (χ4v) is 2.29. The van der Waals surface area contributed by atoms with E-state index in [2.05, 4.69) is 10.1 Å². The molecule has 0 spiro atoms. The highest BCUT2D eigenvalue weighted by molar-refractivity contribution is 5.56. The third-order valence-electron chi connectivity index (χ3n) is 3.63. The number of anilines is 1. The molecule has 0 saturated carbocycles. The van der Waals surface area contributed by atoms with Crippen LogP contribution >= 0.6 is 0 Å². The van der Waals surface area contributed by atoms with Crippen LogP contribution in [0.25, 0.3) is 11.4 Å². The summed E-state index contributed by atoms with van der Waals surface area (Å²) in [5.74, 6) is -1.84. The van der Waals surface area contributed by atoms with Crippen LogP contribution in [0.1, 0.15) is 11.5 Å². The van der Waals surface area contributed by atoms with Crippen molar-refractivity contribution < 1.29 is 26.5 Å². The van der Waals surface area contributed by atoms with Crippen molar-refractivity contribution in [1.29, 1.82) is 0 Å². The summed E-state index contributed by atoms with van der Waals surface area (Å²) in [6, 6.07) is 7.94. The molecule has 0 unspecified atom stereocenters. The summed E-state index contributed by atoms with van der Waals surface area (Å²) in [5.41, 5.74) is -0.284. The van der Waals surface area contributed by atoms with Gasteiger partial charge in [0.1, 0.15) is 0 Å². The Hall–Kier alpha value is -2.97. The first kappa shape index (κ1) is 17.8. The Kier molecular flexibility index (Phi) is 4.62. The average Bonchev–Trinajstić information content (AvgIpc) is 3.05. The van der Waals surface area contributed by atoms with Crippen molar-refractivity contribution in [2.24, 2.45) is 0 Å². The highest BCUT2D eigenvalue weighted by Gasteiger charge is 2.30. The minimum Gasteiger partial charge on any atom is -0.365 e. The molecule has 1 heterocycles. The predicted octanol–water partition coefficient (Wildman–Crippen LogP) is 4.67. The number of benzene rings is 2. The normalized spacial score (nSPS) is 11.6. The van der Waals surface area contributed by atoms with Gasteiger partial charge in [0.05, 0.1) is 12.1 Å². The Bertz CT molecular complexity index is 923. The largest absolute Gasteiger partial charge is 0.416 e. The minimum atomic E-state index is -4.48. The van der Waals surface area contributed by atoms with Crippen LogP contribution in [0, 0.1) is 11.6 Å². The van der Waals surface area contributed by atoms with Crippen LogP contribution in [-0.4, -0.2) is 17.2 Å². The van der Waals surface area contributed by atoms with E-state index < -0.39 is 23.4 Å². The van der Waals surface area contributed by atoms with Gasteiger partial charge >= 0.3 is 6.18 Å². The quantitative estimate of drug-likeness (QED) is 0.627. The summed E-state index contributed by atoms with van der Waals surface area (Å²) in [7, 11) is 1.60. The van der Waals surface area contributed by atoms with Gasteiger partial charge in [0.25, 0.3) is 0 Å². The van der Waals surface area contributed by atoms with Gasteiger partial charge in [0, 0.05) is 24.4 Å². The molecule has 0 fully saturated rings. The number of hydrogen-bond donors (Lipinski definition) is 0. The van der Waals surface area contributed by atoms with E-state index in [1.807, 2.05) is 0 Å². The van der Waals surface area contributed by atoms with Crippen molar-refractivity contribution in [1.82, 2.24) is 10.1 Å². The maximum absolute atomic E-state index is 13.3. The molecule has 0 atom stereocenters. The van der Waals surface area contributed by atoms with Crippen LogP contribution in [0.5, 0.6) is 0 Å². The molecular formula is C17H12F5N3O. The summed E-state index contributed by atoms with van der Waals surface area (Å²) in [6.45, 7) is 0.0665. The maximum Gasteiger partial charge on any atom is 0.416 e. The fraction of sp³-hybridized carbons (Fsp3) is 0.176. The van der Waals surface area contributed by atoms with Gasteiger partial charge in [-0.15, -0.1) is 0 Å². The van der Waals surface area contributed by atoms with Crippen LogP contribution in [0.2, 0.25) is 0 Å². The molecule has 0 aliphatic rings. The summed E-state index contributed by atoms with van der Waals surface area (Å²) in [6.07, 6.45) is -4.48.